The zero-order valence-corrected chi connectivity index (χ0v) is 17.3. The molecule has 1 unspecified atom stereocenters. The molecule has 1 saturated heterocycles. The van der Waals surface area contributed by atoms with Crippen LogP contribution in [0.5, 0.6) is 0 Å². The Morgan fingerprint density at radius 3 is 2.52 bits per heavy atom. The summed E-state index contributed by atoms with van der Waals surface area (Å²) in [5, 5.41) is 3.59. The molecule has 7 heteroatoms. The van der Waals surface area contributed by atoms with Gasteiger partial charge in [0.1, 0.15) is 0 Å². The Morgan fingerprint density at radius 1 is 1.22 bits per heavy atom. The molecular weight excluding hydrogens is 364 g/mol. The predicted molar refractivity (Wildman–Crippen MR) is 109 cm³/mol. The Labute approximate surface area is 167 Å². The number of rotatable bonds is 8. The summed E-state index contributed by atoms with van der Waals surface area (Å²) in [5.41, 5.74) is 1.14. The van der Waals surface area contributed by atoms with Gasteiger partial charge in [-0.1, -0.05) is 36.7 Å². The van der Waals surface area contributed by atoms with E-state index in [-0.39, 0.29) is 24.4 Å². The molecule has 1 heterocycles. The third kappa shape index (κ3) is 6.48. The van der Waals surface area contributed by atoms with Crippen LogP contribution in [0.15, 0.2) is 24.3 Å². The first-order valence-electron chi connectivity index (χ1n) is 9.63. The third-order valence-electron chi connectivity index (χ3n) is 5.05. The number of nitrogens with zero attached hydrogens (tertiary/aromatic N) is 3. The Morgan fingerprint density at radius 2 is 1.89 bits per heavy atom. The van der Waals surface area contributed by atoms with Crippen molar-refractivity contribution in [2.75, 3.05) is 52.9 Å². The molecule has 27 heavy (non-hydrogen) atoms. The number of hydrogen-bond acceptors (Lipinski definition) is 4. The fraction of sp³-hybridized carbons (Fsp3) is 0.600. The molecule has 0 bridgehead atoms. The summed E-state index contributed by atoms with van der Waals surface area (Å²) in [6, 6.07) is 8.21. The first kappa shape index (κ1) is 21.7. The molecule has 1 N–H and O–H groups in total. The number of hydrogen-bond donors (Lipinski definition) is 1. The van der Waals surface area contributed by atoms with E-state index < -0.39 is 0 Å². The van der Waals surface area contributed by atoms with Crippen LogP contribution < -0.4 is 5.32 Å². The summed E-state index contributed by atoms with van der Waals surface area (Å²) in [6.07, 6.45) is 0.889. The third-order valence-corrected chi connectivity index (χ3v) is 5.39. The van der Waals surface area contributed by atoms with Gasteiger partial charge in [0.25, 0.3) is 0 Å². The van der Waals surface area contributed by atoms with E-state index in [4.69, 9.17) is 11.6 Å². The average Bonchev–Trinajstić information content (AvgIpc) is 2.66. The molecule has 0 aliphatic carbocycles. The lowest BCUT2D eigenvalue weighted by molar-refractivity contribution is -0.136. The lowest BCUT2D eigenvalue weighted by Gasteiger charge is -2.38. The molecule has 2 rings (SSSR count). The summed E-state index contributed by atoms with van der Waals surface area (Å²) in [6.45, 7) is 8.72. The van der Waals surface area contributed by atoms with E-state index >= 15 is 0 Å². The van der Waals surface area contributed by atoms with E-state index in [1.807, 2.05) is 25.1 Å². The van der Waals surface area contributed by atoms with Crippen LogP contribution in [-0.2, 0) is 9.59 Å². The van der Waals surface area contributed by atoms with Crippen LogP contribution in [0.4, 0.5) is 0 Å². The summed E-state index contributed by atoms with van der Waals surface area (Å²) in [5.74, 6) is -0.125. The monoisotopic (exact) mass is 394 g/mol. The van der Waals surface area contributed by atoms with Gasteiger partial charge in [-0.05, 0) is 25.0 Å². The van der Waals surface area contributed by atoms with Crippen molar-refractivity contribution in [3.8, 4) is 0 Å². The largest absolute Gasteiger partial charge is 0.355 e. The second-order valence-corrected chi connectivity index (χ2v) is 7.52. The Hall–Kier alpha value is -1.63. The maximum Gasteiger partial charge on any atom is 0.239 e. The number of piperazine rings is 1. The number of likely N-dealkylation sites (N-methyl/N-ethyl adjacent to an activating group) is 1. The highest BCUT2D eigenvalue weighted by Gasteiger charge is 2.25. The molecule has 2 amide bonds. The van der Waals surface area contributed by atoms with Gasteiger partial charge in [0.2, 0.25) is 11.8 Å². The van der Waals surface area contributed by atoms with E-state index in [0.717, 1.165) is 43.2 Å². The van der Waals surface area contributed by atoms with Gasteiger partial charge in [-0.25, -0.2) is 0 Å². The molecule has 0 saturated carbocycles. The summed E-state index contributed by atoms with van der Waals surface area (Å²) in [4.78, 5) is 30.2. The fourth-order valence-corrected chi connectivity index (χ4v) is 3.55. The van der Waals surface area contributed by atoms with E-state index in [1.165, 1.54) is 4.90 Å². The molecule has 1 fully saturated rings. The van der Waals surface area contributed by atoms with Crippen LogP contribution in [0.25, 0.3) is 0 Å². The first-order valence-corrected chi connectivity index (χ1v) is 10.0. The highest BCUT2D eigenvalue weighted by molar-refractivity contribution is 6.31. The maximum absolute atomic E-state index is 12.4. The van der Waals surface area contributed by atoms with E-state index in [1.54, 1.807) is 7.05 Å². The van der Waals surface area contributed by atoms with Crippen molar-refractivity contribution in [2.24, 2.45) is 0 Å². The Balaban J connectivity index is 1.77. The molecule has 150 valence electrons. The van der Waals surface area contributed by atoms with Crippen LogP contribution in [-0.4, -0.2) is 79.4 Å². The SMILES string of the molecule is CCCNC(=O)CN(C)C(=O)CN1CCN(C(C)c2ccccc2Cl)CC1. The second-order valence-electron chi connectivity index (χ2n) is 7.11. The first-order chi connectivity index (χ1) is 12.9. The number of halogens is 1. The van der Waals surface area contributed by atoms with Crippen molar-refractivity contribution in [2.45, 2.75) is 26.3 Å². The quantitative estimate of drug-likeness (QED) is 0.732. The average molecular weight is 395 g/mol. The van der Waals surface area contributed by atoms with Crippen LogP contribution in [0.1, 0.15) is 31.9 Å². The zero-order valence-electron chi connectivity index (χ0n) is 16.6. The van der Waals surface area contributed by atoms with Crippen molar-refractivity contribution in [3.63, 3.8) is 0 Å². The molecule has 0 radical (unpaired) electrons. The number of carbonyl (C=O) groups excluding carboxylic acids is 2. The maximum atomic E-state index is 12.4. The topological polar surface area (TPSA) is 55.9 Å². The summed E-state index contributed by atoms with van der Waals surface area (Å²) < 4.78 is 0. The van der Waals surface area contributed by atoms with Gasteiger partial charge in [0, 0.05) is 50.8 Å². The van der Waals surface area contributed by atoms with Crippen molar-refractivity contribution in [3.05, 3.63) is 34.9 Å². The molecule has 1 aliphatic rings. The second kappa shape index (κ2) is 10.6. The molecule has 0 aromatic heterocycles. The molecule has 0 spiro atoms. The Bertz CT molecular complexity index is 632. The minimum absolute atomic E-state index is 0.0192. The highest BCUT2D eigenvalue weighted by atomic mass is 35.5. The van der Waals surface area contributed by atoms with Crippen LogP contribution in [0.3, 0.4) is 0 Å². The number of nitrogens with one attached hydrogen (secondary N) is 1. The molecule has 1 aromatic rings. The van der Waals surface area contributed by atoms with Gasteiger partial charge in [-0.2, -0.15) is 0 Å². The number of carbonyl (C=O) groups is 2. The smallest absolute Gasteiger partial charge is 0.239 e. The van der Waals surface area contributed by atoms with Crippen molar-refractivity contribution in [1.29, 1.82) is 0 Å². The van der Waals surface area contributed by atoms with Crippen molar-refractivity contribution >= 4 is 23.4 Å². The van der Waals surface area contributed by atoms with Gasteiger partial charge >= 0.3 is 0 Å². The normalized spacial score (nSPS) is 16.7. The summed E-state index contributed by atoms with van der Waals surface area (Å²) in [7, 11) is 1.68. The molecular formula is C20H31ClN4O2. The number of amides is 2. The minimum atomic E-state index is -0.105. The van der Waals surface area contributed by atoms with Crippen molar-refractivity contribution < 1.29 is 9.59 Å². The van der Waals surface area contributed by atoms with E-state index in [0.29, 0.717) is 13.1 Å². The molecule has 1 aromatic carbocycles. The van der Waals surface area contributed by atoms with Gasteiger partial charge in [-0.15, -0.1) is 0 Å². The standard InChI is InChI=1S/C20H31ClN4O2/c1-4-9-22-19(26)14-23(3)20(27)15-24-10-12-25(13-11-24)16(2)17-7-5-6-8-18(17)21/h5-8,16H,4,9-15H2,1-3H3,(H,22,26). The van der Waals surface area contributed by atoms with Crippen LogP contribution >= 0.6 is 11.6 Å². The van der Waals surface area contributed by atoms with E-state index in [2.05, 4.69) is 28.1 Å². The summed E-state index contributed by atoms with van der Waals surface area (Å²) >= 11 is 6.32. The highest BCUT2D eigenvalue weighted by Crippen LogP contribution is 2.27. The van der Waals surface area contributed by atoms with Gasteiger partial charge in [0.15, 0.2) is 0 Å². The molecule has 1 atom stereocenters. The Kier molecular flexibility index (Phi) is 8.54. The van der Waals surface area contributed by atoms with Crippen molar-refractivity contribution in [1.82, 2.24) is 20.0 Å². The number of benzene rings is 1. The minimum Gasteiger partial charge on any atom is -0.355 e. The zero-order chi connectivity index (χ0) is 19.8. The predicted octanol–water partition coefficient (Wildman–Crippen LogP) is 2.00. The van der Waals surface area contributed by atoms with Crippen LogP contribution in [0, 0.1) is 0 Å². The van der Waals surface area contributed by atoms with E-state index in [9.17, 15) is 9.59 Å². The van der Waals surface area contributed by atoms with Crippen LogP contribution in [0.2, 0.25) is 5.02 Å². The van der Waals surface area contributed by atoms with Gasteiger partial charge in [0.05, 0.1) is 13.1 Å². The molecule has 6 nitrogen and oxygen atoms in total. The molecule has 1 aliphatic heterocycles. The fourth-order valence-electron chi connectivity index (χ4n) is 3.26. The van der Waals surface area contributed by atoms with Gasteiger partial charge < -0.3 is 10.2 Å². The van der Waals surface area contributed by atoms with Gasteiger partial charge in [-0.3, -0.25) is 19.4 Å². The lowest BCUT2D eigenvalue weighted by atomic mass is 10.1. The lowest BCUT2D eigenvalue weighted by Crippen LogP contribution is -2.50.